The molecule has 1 N–H and O–H groups in total. The van der Waals surface area contributed by atoms with Gasteiger partial charge in [0.1, 0.15) is 0 Å². The van der Waals surface area contributed by atoms with Crippen LogP contribution in [0.4, 0.5) is 0 Å². The Kier molecular flexibility index (Phi) is 2.62. The highest BCUT2D eigenvalue weighted by molar-refractivity contribution is 5.18. The first-order chi connectivity index (χ1) is 6.36. The van der Waals surface area contributed by atoms with E-state index in [1.165, 1.54) is 5.56 Å². The van der Waals surface area contributed by atoms with Crippen molar-refractivity contribution in [3.05, 3.63) is 35.9 Å². The summed E-state index contributed by atoms with van der Waals surface area (Å²) < 4.78 is 5.81. The summed E-state index contributed by atoms with van der Waals surface area (Å²) >= 11 is 0. The van der Waals surface area contributed by atoms with E-state index in [4.69, 9.17) is 4.74 Å². The smallest absolute Gasteiger partial charge is 0.0953 e. The van der Waals surface area contributed by atoms with E-state index in [1.807, 2.05) is 6.07 Å². The van der Waals surface area contributed by atoms with Gasteiger partial charge in [-0.15, -0.1) is 0 Å². The lowest BCUT2D eigenvalue weighted by Gasteiger charge is -2.28. The van der Waals surface area contributed by atoms with Gasteiger partial charge in [-0.3, -0.25) is 0 Å². The van der Waals surface area contributed by atoms with Crippen LogP contribution < -0.4 is 5.32 Å². The van der Waals surface area contributed by atoms with Crippen LogP contribution in [0, 0.1) is 0 Å². The molecule has 2 heteroatoms. The lowest BCUT2D eigenvalue weighted by molar-refractivity contribution is -0.0287. The summed E-state index contributed by atoms with van der Waals surface area (Å²) in [5.74, 6) is 0. The summed E-state index contributed by atoms with van der Waals surface area (Å²) in [7, 11) is 0. The minimum Gasteiger partial charge on any atom is -0.368 e. The second-order valence-corrected chi connectivity index (χ2v) is 3.50. The number of morpholine rings is 1. The fourth-order valence-corrected chi connectivity index (χ4v) is 1.66. The highest BCUT2D eigenvalue weighted by atomic mass is 16.5. The molecule has 0 aromatic heterocycles. The van der Waals surface area contributed by atoms with Crippen LogP contribution in [0.1, 0.15) is 18.6 Å². The minimum atomic E-state index is 0.227. The van der Waals surface area contributed by atoms with Crippen LogP contribution in [0.15, 0.2) is 30.3 Å². The van der Waals surface area contributed by atoms with Gasteiger partial charge >= 0.3 is 0 Å². The van der Waals surface area contributed by atoms with Gasteiger partial charge in [0.05, 0.1) is 12.2 Å². The standard InChI is InChI=1S/C11H15NO/c1-9-7-12-8-11(13-9)10-5-3-2-4-6-10/h2-6,9,11-12H,7-8H2,1H3. The molecule has 2 unspecified atom stereocenters. The molecule has 2 atom stereocenters. The van der Waals surface area contributed by atoms with Crippen molar-refractivity contribution in [2.75, 3.05) is 13.1 Å². The van der Waals surface area contributed by atoms with E-state index in [9.17, 15) is 0 Å². The maximum Gasteiger partial charge on any atom is 0.0953 e. The van der Waals surface area contributed by atoms with Crippen LogP contribution >= 0.6 is 0 Å². The zero-order valence-corrected chi connectivity index (χ0v) is 7.86. The third-order valence-electron chi connectivity index (χ3n) is 2.33. The van der Waals surface area contributed by atoms with E-state index in [-0.39, 0.29) is 6.10 Å². The van der Waals surface area contributed by atoms with Crippen molar-refractivity contribution in [2.45, 2.75) is 19.1 Å². The van der Waals surface area contributed by atoms with Crippen molar-refractivity contribution in [1.29, 1.82) is 0 Å². The molecule has 2 nitrogen and oxygen atoms in total. The van der Waals surface area contributed by atoms with Crippen molar-refractivity contribution >= 4 is 0 Å². The average Bonchev–Trinajstić information content (AvgIpc) is 2.19. The molecule has 70 valence electrons. The highest BCUT2D eigenvalue weighted by Crippen LogP contribution is 2.20. The molecule has 13 heavy (non-hydrogen) atoms. The van der Waals surface area contributed by atoms with Crippen molar-refractivity contribution in [1.82, 2.24) is 5.32 Å². The van der Waals surface area contributed by atoms with Crippen LogP contribution in [0.3, 0.4) is 0 Å². The van der Waals surface area contributed by atoms with E-state index in [0.717, 1.165) is 13.1 Å². The Labute approximate surface area is 78.9 Å². The molecule has 1 saturated heterocycles. The molecule has 0 aliphatic carbocycles. The van der Waals surface area contributed by atoms with Crippen LogP contribution in [-0.4, -0.2) is 19.2 Å². The van der Waals surface area contributed by atoms with Crippen molar-refractivity contribution in [2.24, 2.45) is 0 Å². The largest absolute Gasteiger partial charge is 0.368 e. The predicted octanol–water partition coefficient (Wildman–Crippen LogP) is 1.74. The van der Waals surface area contributed by atoms with Gasteiger partial charge in [-0.25, -0.2) is 0 Å². The van der Waals surface area contributed by atoms with Crippen LogP contribution in [0.2, 0.25) is 0 Å². The number of ether oxygens (including phenoxy) is 1. The highest BCUT2D eigenvalue weighted by Gasteiger charge is 2.19. The Morgan fingerprint density at radius 1 is 1.23 bits per heavy atom. The van der Waals surface area contributed by atoms with Crippen molar-refractivity contribution < 1.29 is 4.74 Å². The number of hydrogen-bond donors (Lipinski definition) is 1. The third kappa shape index (κ3) is 2.08. The molecule has 0 radical (unpaired) electrons. The van der Waals surface area contributed by atoms with Crippen molar-refractivity contribution in [3.63, 3.8) is 0 Å². The molecule has 0 saturated carbocycles. The number of nitrogens with one attached hydrogen (secondary N) is 1. The molecule has 1 aromatic carbocycles. The normalized spacial score (nSPS) is 28.7. The number of benzene rings is 1. The summed E-state index contributed by atoms with van der Waals surface area (Å²) in [6.07, 6.45) is 0.545. The number of rotatable bonds is 1. The van der Waals surface area contributed by atoms with E-state index in [1.54, 1.807) is 0 Å². The maximum atomic E-state index is 5.81. The zero-order valence-electron chi connectivity index (χ0n) is 7.86. The van der Waals surface area contributed by atoms with Gasteiger partial charge in [0.25, 0.3) is 0 Å². The molecule has 0 spiro atoms. The summed E-state index contributed by atoms with van der Waals surface area (Å²) in [5.41, 5.74) is 1.27. The van der Waals surface area contributed by atoms with Gasteiger partial charge in [-0.2, -0.15) is 0 Å². The molecule has 0 amide bonds. The SMILES string of the molecule is CC1CNCC(c2ccccc2)O1. The fraction of sp³-hybridized carbons (Fsp3) is 0.455. The molecule has 2 rings (SSSR count). The zero-order chi connectivity index (χ0) is 9.10. The minimum absolute atomic E-state index is 0.227. The summed E-state index contributed by atoms with van der Waals surface area (Å²) in [4.78, 5) is 0. The molecule has 0 bridgehead atoms. The second-order valence-electron chi connectivity index (χ2n) is 3.50. The Bertz CT molecular complexity index is 260. The average molecular weight is 177 g/mol. The summed E-state index contributed by atoms with van der Waals surface area (Å²) in [6.45, 7) is 3.99. The first-order valence-corrected chi connectivity index (χ1v) is 4.77. The fourth-order valence-electron chi connectivity index (χ4n) is 1.66. The molecule has 1 aliphatic rings. The van der Waals surface area contributed by atoms with Gasteiger partial charge in [0.15, 0.2) is 0 Å². The predicted molar refractivity (Wildman–Crippen MR) is 52.6 cm³/mol. The monoisotopic (exact) mass is 177 g/mol. The summed E-state index contributed by atoms with van der Waals surface area (Å²) in [6, 6.07) is 10.4. The maximum absolute atomic E-state index is 5.81. The van der Waals surface area contributed by atoms with Crippen LogP contribution in [0.5, 0.6) is 0 Å². The van der Waals surface area contributed by atoms with Crippen LogP contribution in [-0.2, 0) is 4.74 Å². The first kappa shape index (κ1) is 8.73. The second kappa shape index (κ2) is 3.90. The van der Waals surface area contributed by atoms with E-state index < -0.39 is 0 Å². The molecular weight excluding hydrogens is 162 g/mol. The topological polar surface area (TPSA) is 21.3 Å². The molecule has 1 aromatic rings. The third-order valence-corrected chi connectivity index (χ3v) is 2.33. The molecule has 1 heterocycles. The lowest BCUT2D eigenvalue weighted by Crippen LogP contribution is -2.38. The first-order valence-electron chi connectivity index (χ1n) is 4.77. The van der Waals surface area contributed by atoms with Gasteiger partial charge in [0, 0.05) is 13.1 Å². The Morgan fingerprint density at radius 2 is 2.00 bits per heavy atom. The van der Waals surface area contributed by atoms with E-state index in [2.05, 4.69) is 36.5 Å². The Hall–Kier alpha value is -0.860. The summed E-state index contributed by atoms with van der Waals surface area (Å²) in [5, 5.41) is 3.36. The van der Waals surface area contributed by atoms with E-state index >= 15 is 0 Å². The van der Waals surface area contributed by atoms with Gasteiger partial charge in [-0.1, -0.05) is 30.3 Å². The van der Waals surface area contributed by atoms with Gasteiger partial charge < -0.3 is 10.1 Å². The Morgan fingerprint density at radius 3 is 2.69 bits per heavy atom. The lowest BCUT2D eigenvalue weighted by atomic mass is 10.1. The van der Waals surface area contributed by atoms with Crippen LogP contribution in [0.25, 0.3) is 0 Å². The van der Waals surface area contributed by atoms with E-state index in [0.29, 0.717) is 6.10 Å². The molecule has 1 fully saturated rings. The van der Waals surface area contributed by atoms with Gasteiger partial charge in [0.2, 0.25) is 0 Å². The quantitative estimate of drug-likeness (QED) is 0.705. The Balaban J connectivity index is 2.08. The molecule has 1 aliphatic heterocycles. The van der Waals surface area contributed by atoms with Gasteiger partial charge in [-0.05, 0) is 12.5 Å². The number of hydrogen-bond acceptors (Lipinski definition) is 2. The molecular formula is C11H15NO. The van der Waals surface area contributed by atoms with Crippen molar-refractivity contribution in [3.8, 4) is 0 Å².